The van der Waals surface area contributed by atoms with Gasteiger partial charge in [-0.15, -0.1) is 0 Å². The lowest BCUT2D eigenvalue weighted by Crippen LogP contribution is -2.34. The number of hydrogen-bond acceptors (Lipinski definition) is 5. The number of imidazole rings is 1. The molecule has 0 fully saturated rings. The van der Waals surface area contributed by atoms with E-state index in [0.29, 0.717) is 13.1 Å². The molecule has 0 spiro atoms. The number of aryl methyl sites for hydroxylation is 1. The number of carbonyl (C=O) groups excluding carboxylic acids is 1. The van der Waals surface area contributed by atoms with E-state index in [1.165, 1.54) is 0 Å². The number of alkyl carbamates (subject to hydrolysis) is 1. The summed E-state index contributed by atoms with van der Waals surface area (Å²) in [5.41, 5.74) is 2.97. The Morgan fingerprint density at radius 1 is 1.26 bits per heavy atom. The summed E-state index contributed by atoms with van der Waals surface area (Å²) in [7, 11) is 0. The average molecular weight is 369 g/mol. The lowest BCUT2D eigenvalue weighted by molar-refractivity contribution is 0.0526. The number of amides is 1. The Balaban J connectivity index is 1.89. The number of unbranched alkanes of at least 4 members (excludes halogenated alkanes) is 1. The van der Waals surface area contributed by atoms with Crippen LogP contribution in [0.2, 0.25) is 0 Å². The Kier molecular flexibility index (Phi) is 5.58. The number of aromatic nitrogens is 4. The number of carbonyl (C=O) groups is 1. The van der Waals surface area contributed by atoms with Crippen LogP contribution in [-0.4, -0.2) is 37.8 Å². The van der Waals surface area contributed by atoms with Gasteiger partial charge in [0.2, 0.25) is 0 Å². The highest BCUT2D eigenvalue weighted by atomic mass is 16.6. The van der Waals surface area contributed by atoms with Gasteiger partial charge in [-0.2, -0.15) is 0 Å². The van der Waals surface area contributed by atoms with Crippen molar-refractivity contribution in [3.63, 3.8) is 0 Å². The molecule has 3 heterocycles. The molecule has 0 aliphatic carbocycles. The second kappa shape index (κ2) is 7.90. The van der Waals surface area contributed by atoms with E-state index in [1.54, 1.807) is 12.4 Å². The van der Waals surface area contributed by atoms with E-state index in [-0.39, 0.29) is 0 Å². The highest BCUT2D eigenvalue weighted by Gasteiger charge is 2.17. The molecule has 0 saturated heterocycles. The molecule has 3 rings (SSSR count). The molecule has 3 aromatic rings. The van der Waals surface area contributed by atoms with Crippen LogP contribution >= 0.6 is 0 Å². The first-order chi connectivity index (χ1) is 12.9. The molecule has 1 N–H and O–H groups in total. The van der Waals surface area contributed by atoms with Crippen molar-refractivity contribution in [1.29, 1.82) is 0 Å². The lowest BCUT2D eigenvalue weighted by Gasteiger charge is -2.20. The van der Waals surface area contributed by atoms with Gasteiger partial charge in [-0.3, -0.25) is 9.97 Å². The summed E-state index contributed by atoms with van der Waals surface area (Å²) in [5, 5.41) is 2.83. The van der Waals surface area contributed by atoms with E-state index >= 15 is 0 Å². The first-order valence-electron chi connectivity index (χ1n) is 9.44. The summed E-state index contributed by atoms with van der Waals surface area (Å²) in [4.78, 5) is 25.7. The molecule has 144 valence electrons. The Morgan fingerprint density at radius 2 is 2.07 bits per heavy atom. The van der Waals surface area contributed by atoms with Crippen molar-refractivity contribution in [3.8, 4) is 0 Å². The van der Waals surface area contributed by atoms with Crippen LogP contribution < -0.4 is 5.32 Å². The topological polar surface area (TPSA) is 81.9 Å². The zero-order valence-corrected chi connectivity index (χ0v) is 16.5. The predicted molar refractivity (Wildman–Crippen MR) is 106 cm³/mol. The summed E-state index contributed by atoms with van der Waals surface area (Å²) in [6, 6.07) is 3.83. The Labute approximate surface area is 159 Å². The van der Waals surface area contributed by atoms with Crippen molar-refractivity contribution >= 4 is 28.2 Å². The summed E-state index contributed by atoms with van der Waals surface area (Å²) >= 11 is 0. The van der Waals surface area contributed by atoms with E-state index in [1.807, 2.05) is 32.9 Å². The number of rotatable bonds is 6. The molecule has 7 heteroatoms. The van der Waals surface area contributed by atoms with Crippen LogP contribution in [0.25, 0.3) is 22.1 Å². The normalized spacial score (nSPS) is 11.9. The zero-order valence-electron chi connectivity index (χ0n) is 16.5. The van der Waals surface area contributed by atoms with Gasteiger partial charge in [0.25, 0.3) is 0 Å². The van der Waals surface area contributed by atoms with Gasteiger partial charge in [0, 0.05) is 25.7 Å². The maximum atomic E-state index is 11.9. The van der Waals surface area contributed by atoms with Gasteiger partial charge in [0.05, 0.1) is 17.2 Å². The minimum atomic E-state index is -0.510. The first-order valence-corrected chi connectivity index (χ1v) is 9.44. The van der Waals surface area contributed by atoms with Gasteiger partial charge in [0.1, 0.15) is 22.5 Å². The number of nitrogens with one attached hydrogen (secondary N) is 1. The van der Waals surface area contributed by atoms with Gasteiger partial charge >= 0.3 is 6.09 Å². The van der Waals surface area contributed by atoms with E-state index in [0.717, 1.165) is 47.2 Å². The van der Waals surface area contributed by atoms with Crippen LogP contribution in [0.15, 0.2) is 24.5 Å². The van der Waals surface area contributed by atoms with Crippen molar-refractivity contribution < 1.29 is 9.53 Å². The van der Waals surface area contributed by atoms with Crippen LogP contribution in [0, 0.1) is 0 Å². The average Bonchev–Trinajstić information content (AvgIpc) is 2.96. The van der Waals surface area contributed by atoms with Crippen LogP contribution in [-0.2, 0) is 17.7 Å². The third kappa shape index (κ3) is 4.53. The van der Waals surface area contributed by atoms with E-state index < -0.39 is 11.7 Å². The largest absolute Gasteiger partial charge is 0.444 e. The molecular formula is C20H27N5O2. The quantitative estimate of drug-likeness (QED) is 0.714. The Morgan fingerprint density at radius 3 is 2.81 bits per heavy atom. The lowest BCUT2D eigenvalue weighted by atomic mass is 10.2. The number of fused-ring (bicyclic) bond motifs is 3. The fourth-order valence-corrected chi connectivity index (χ4v) is 3.02. The molecule has 1 amide bonds. The maximum absolute atomic E-state index is 11.9. The molecule has 0 bridgehead atoms. The Bertz CT molecular complexity index is 943. The number of pyridine rings is 2. The smallest absolute Gasteiger partial charge is 0.407 e. The van der Waals surface area contributed by atoms with Gasteiger partial charge in [-0.1, -0.05) is 13.3 Å². The second-order valence-electron chi connectivity index (χ2n) is 7.58. The molecule has 0 aliphatic heterocycles. The van der Waals surface area contributed by atoms with Crippen molar-refractivity contribution in [2.75, 3.05) is 6.54 Å². The summed E-state index contributed by atoms with van der Waals surface area (Å²) in [6.45, 7) is 8.77. The van der Waals surface area contributed by atoms with Crippen molar-refractivity contribution in [2.24, 2.45) is 0 Å². The van der Waals surface area contributed by atoms with Crippen LogP contribution in [0.5, 0.6) is 0 Å². The molecule has 7 nitrogen and oxygen atoms in total. The molecule has 0 radical (unpaired) electrons. The Hall–Kier alpha value is -2.70. The van der Waals surface area contributed by atoms with E-state index in [4.69, 9.17) is 9.72 Å². The molecule has 27 heavy (non-hydrogen) atoms. The summed E-state index contributed by atoms with van der Waals surface area (Å²) in [5.74, 6) is 0.998. The fourth-order valence-electron chi connectivity index (χ4n) is 3.02. The number of nitrogens with zero attached hydrogens (tertiary/aromatic N) is 4. The van der Waals surface area contributed by atoms with Crippen molar-refractivity contribution in [2.45, 2.75) is 59.1 Å². The van der Waals surface area contributed by atoms with Crippen LogP contribution in [0.1, 0.15) is 46.4 Å². The molecule has 0 unspecified atom stereocenters. The van der Waals surface area contributed by atoms with Crippen molar-refractivity contribution in [3.05, 3.63) is 30.4 Å². The van der Waals surface area contributed by atoms with Crippen molar-refractivity contribution in [1.82, 2.24) is 24.8 Å². The van der Waals surface area contributed by atoms with Crippen LogP contribution in [0.4, 0.5) is 4.79 Å². The zero-order chi connectivity index (χ0) is 19.4. The predicted octanol–water partition coefficient (Wildman–Crippen LogP) is 3.85. The van der Waals surface area contributed by atoms with Gasteiger partial charge < -0.3 is 14.6 Å². The van der Waals surface area contributed by atoms with E-state index in [2.05, 4.69) is 26.8 Å². The molecule has 3 aromatic heterocycles. The minimum absolute atomic E-state index is 0.410. The second-order valence-corrected chi connectivity index (χ2v) is 7.58. The highest BCUT2D eigenvalue weighted by Crippen LogP contribution is 2.23. The number of ether oxygens (including phenoxy) is 1. The van der Waals surface area contributed by atoms with E-state index in [9.17, 15) is 4.79 Å². The maximum Gasteiger partial charge on any atom is 0.407 e. The third-order valence-electron chi connectivity index (χ3n) is 4.17. The van der Waals surface area contributed by atoms with Crippen LogP contribution in [0.3, 0.4) is 0 Å². The summed E-state index contributed by atoms with van der Waals surface area (Å²) in [6.07, 6.45) is 6.19. The van der Waals surface area contributed by atoms with Gasteiger partial charge in [0.15, 0.2) is 0 Å². The van der Waals surface area contributed by atoms with Gasteiger partial charge in [-0.05, 0) is 39.3 Å². The standard InChI is InChI=1S/C20H27N5O2/c1-5-6-9-16-24-15-13-23-14-8-7-10-21-17(14)18(15)25(16)12-11-22-19(26)27-20(2,3)4/h7-8,10,13H,5-6,9,11-12H2,1-4H3,(H,22,26). The minimum Gasteiger partial charge on any atom is -0.444 e. The molecule has 0 saturated carbocycles. The molecular weight excluding hydrogens is 342 g/mol. The highest BCUT2D eigenvalue weighted by molar-refractivity contribution is 5.99. The first kappa shape index (κ1) is 19.1. The molecule has 0 aliphatic rings. The molecule has 0 aromatic carbocycles. The van der Waals surface area contributed by atoms with Gasteiger partial charge in [-0.25, -0.2) is 9.78 Å². The fraction of sp³-hybridized carbons (Fsp3) is 0.500. The third-order valence-corrected chi connectivity index (χ3v) is 4.17. The molecule has 0 atom stereocenters. The SMILES string of the molecule is CCCCc1nc2cnc3cccnc3c2n1CCNC(=O)OC(C)(C)C. The number of hydrogen-bond donors (Lipinski definition) is 1. The monoisotopic (exact) mass is 369 g/mol. The summed E-state index contributed by atoms with van der Waals surface area (Å²) < 4.78 is 7.46.